The lowest BCUT2D eigenvalue weighted by molar-refractivity contribution is 0.316. The zero-order valence-electron chi connectivity index (χ0n) is 13.5. The molecule has 1 aliphatic rings. The molecular formula is C18H30N2O. The molecule has 3 N–H and O–H groups in total. The first-order valence-electron chi connectivity index (χ1n) is 8.51. The topological polar surface area (TPSA) is 47.3 Å². The summed E-state index contributed by atoms with van der Waals surface area (Å²) in [7, 11) is 0. The van der Waals surface area contributed by atoms with Crippen LogP contribution in [0.15, 0.2) is 18.2 Å². The average molecular weight is 290 g/mol. The van der Waals surface area contributed by atoms with Crippen LogP contribution >= 0.6 is 0 Å². The maximum atomic E-state index is 5.96. The fourth-order valence-electron chi connectivity index (χ4n) is 3.20. The van der Waals surface area contributed by atoms with E-state index in [0.717, 1.165) is 36.1 Å². The Labute approximate surface area is 129 Å². The van der Waals surface area contributed by atoms with Crippen molar-refractivity contribution in [3.63, 3.8) is 0 Å². The number of hydrogen-bond donors (Lipinski definition) is 2. The number of benzene rings is 1. The summed E-state index contributed by atoms with van der Waals surface area (Å²) in [5.74, 6) is 1.75. The van der Waals surface area contributed by atoms with Crippen molar-refractivity contribution in [3.8, 4) is 5.75 Å². The molecule has 0 atom stereocenters. The van der Waals surface area contributed by atoms with E-state index in [-0.39, 0.29) is 0 Å². The molecule has 1 saturated carbocycles. The van der Waals surface area contributed by atoms with Gasteiger partial charge in [-0.2, -0.15) is 0 Å². The van der Waals surface area contributed by atoms with Crippen LogP contribution in [0, 0.1) is 5.92 Å². The van der Waals surface area contributed by atoms with Crippen molar-refractivity contribution >= 4 is 11.4 Å². The van der Waals surface area contributed by atoms with Crippen LogP contribution in [0.4, 0.5) is 11.4 Å². The summed E-state index contributed by atoms with van der Waals surface area (Å²) in [6.07, 6.45) is 8.99. The number of nitrogens with one attached hydrogen (secondary N) is 1. The molecule has 0 aliphatic heterocycles. The Morgan fingerprint density at radius 1 is 1.14 bits per heavy atom. The van der Waals surface area contributed by atoms with Crippen LogP contribution in [-0.4, -0.2) is 12.6 Å². The van der Waals surface area contributed by atoms with Crippen molar-refractivity contribution in [1.82, 2.24) is 0 Å². The number of hydrogen-bond acceptors (Lipinski definition) is 3. The van der Waals surface area contributed by atoms with E-state index >= 15 is 0 Å². The van der Waals surface area contributed by atoms with Gasteiger partial charge < -0.3 is 15.8 Å². The number of ether oxygens (including phenoxy) is 1. The van der Waals surface area contributed by atoms with E-state index in [1.807, 2.05) is 12.1 Å². The third-order valence-electron chi connectivity index (χ3n) is 4.39. The minimum Gasteiger partial charge on any atom is -0.491 e. The molecule has 0 radical (unpaired) electrons. The Kier molecular flexibility index (Phi) is 6.21. The standard InChI is InChI=1S/C18H30N2O/c1-3-5-14-6-8-15(9-7-14)20-16-10-11-17(19)18(13-16)21-12-4-2/h10-11,13-15,20H,3-9,12,19H2,1-2H3. The number of nitrogen functional groups attached to an aromatic ring is 1. The number of rotatable bonds is 7. The molecule has 0 saturated heterocycles. The summed E-state index contributed by atoms with van der Waals surface area (Å²) in [6, 6.07) is 6.64. The van der Waals surface area contributed by atoms with E-state index < -0.39 is 0 Å². The molecule has 3 nitrogen and oxygen atoms in total. The van der Waals surface area contributed by atoms with Crippen molar-refractivity contribution in [2.24, 2.45) is 5.92 Å². The normalized spacial score (nSPS) is 22.0. The van der Waals surface area contributed by atoms with Crippen LogP contribution in [0.25, 0.3) is 0 Å². The number of anilines is 2. The van der Waals surface area contributed by atoms with Crippen molar-refractivity contribution in [3.05, 3.63) is 18.2 Å². The minimum absolute atomic E-state index is 0.598. The molecule has 0 bridgehead atoms. The lowest BCUT2D eigenvalue weighted by Gasteiger charge is -2.29. The molecule has 0 aromatic heterocycles. The van der Waals surface area contributed by atoms with Gasteiger partial charge in [0.1, 0.15) is 5.75 Å². The highest BCUT2D eigenvalue weighted by molar-refractivity contribution is 5.61. The smallest absolute Gasteiger partial charge is 0.144 e. The van der Waals surface area contributed by atoms with E-state index in [2.05, 4.69) is 25.2 Å². The summed E-state index contributed by atoms with van der Waals surface area (Å²) >= 11 is 0. The summed E-state index contributed by atoms with van der Waals surface area (Å²) in [5.41, 5.74) is 7.82. The molecule has 0 unspecified atom stereocenters. The molecule has 118 valence electrons. The van der Waals surface area contributed by atoms with Gasteiger partial charge in [-0.1, -0.05) is 26.7 Å². The molecule has 21 heavy (non-hydrogen) atoms. The van der Waals surface area contributed by atoms with Gasteiger partial charge in [-0.05, 0) is 50.2 Å². The third kappa shape index (κ3) is 4.83. The maximum Gasteiger partial charge on any atom is 0.144 e. The highest BCUT2D eigenvalue weighted by Crippen LogP contribution is 2.31. The monoisotopic (exact) mass is 290 g/mol. The fraction of sp³-hybridized carbons (Fsp3) is 0.667. The first kappa shape index (κ1) is 16.0. The molecular weight excluding hydrogens is 260 g/mol. The zero-order chi connectivity index (χ0) is 15.1. The van der Waals surface area contributed by atoms with Crippen LogP contribution in [0.1, 0.15) is 58.8 Å². The van der Waals surface area contributed by atoms with Gasteiger partial charge in [0.2, 0.25) is 0 Å². The molecule has 0 amide bonds. The van der Waals surface area contributed by atoms with Crippen LogP contribution in [-0.2, 0) is 0 Å². The predicted molar refractivity (Wildman–Crippen MR) is 90.9 cm³/mol. The van der Waals surface area contributed by atoms with Gasteiger partial charge in [-0.3, -0.25) is 0 Å². The first-order valence-corrected chi connectivity index (χ1v) is 8.51. The van der Waals surface area contributed by atoms with Gasteiger partial charge >= 0.3 is 0 Å². The van der Waals surface area contributed by atoms with Gasteiger partial charge in [0.05, 0.1) is 12.3 Å². The fourth-order valence-corrected chi connectivity index (χ4v) is 3.20. The Hall–Kier alpha value is -1.38. The molecule has 3 heteroatoms. The van der Waals surface area contributed by atoms with Gasteiger partial charge in [0.15, 0.2) is 0 Å². The molecule has 0 heterocycles. The third-order valence-corrected chi connectivity index (χ3v) is 4.39. The molecule has 2 rings (SSSR count). The predicted octanol–water partition coefficient (Wildman–Crippen LogP) is 4.83. The Morgan fingerprint density at radius 3 is 2.57 bits per heavy atom. The second-order valence-corrected chi connectivity index (χ2v) is 6.25. The minimum atomic E-state index is 0.598. The van der Waals surface area contributed by atoms with Gasteiger partial charge in [-0.25, -0.2) is 0 Å². The summed E-state index contributed by atoms with van der Waals surface area (Å²) in [6.45, 7) is 5.11. The van der Waals surface area contributed by atoms with Crippen molar-refractivity contribution in [2.75, 3.05) is 17.7 Å². The summed E-state index contributed by atoms with van der Waals surface area (Å²) in [4.78, 5) is 0. The van der Waals surface area contributed by atoms with Crippen LogP contribution < -0.4 is 15.8 Å². The lowest BCUT2D eigenvalue weighted by Crippen LogP contribution is -2.26. The average Bonchev–Trinajstić information content (AvgIpc) is 2.50. The van der Waals surface area contributed by atoms with E-state index in [9.17, 15) is 0 Å². The molecule has 1 aromatic carbocycles. The zero-order valence-corrected chi connectivity index (χ0v) is 13.5. The summed E-state index contributed by atoms with van der Waals surface area (Å²) in [5, 5.41) is 3.65. The molecule has 0 spiro atoms. The largest absolute Gasteiger partial charge is 0.491 e. The van der Waals surface area contributed by atoms with Crippen molar-refractivity contribution < 1.29 is 4.74 Å². The highest BCUT2D eigenvalue weighted by Gasteiger charge is 2.20. The quantitative estimate of drug-likeness (QED) is 0.707. The second kappa shape index (κ2) is 8.16. The van der Waals surface area contributed by atoms with Gasteiger partial charge in [-0.15, -0.1) is 0 Å². The van der Waals surface area contributed by atoms with Crippen LogP contribution in [0.2, 0.25) is 0 Å². The number of nitrogens with two attached hydrogens (primary N) is 1. The molecule has 1 aromatic rings. The molecule has 1 fully saturated rings. The maximum absolute atomic E-state index is 5.96. The lowest BCUT2D eigenvalue weighted by atomic mass is 9.83. The van der Waals surface area contributed by atoms with Crippen molar-refractivity contribution in [2.45, 2.75) is 64.8 Å². The highest BCUT2D eigenvalue weighted by atomic mass is 16.5. The van der Waals surface area contributed by atoms with E-state index in [4.69, 9.17) is 10.5 Å². The second-order valence-electron chi connectivity index (χ2n) is 6.25. The van der Waals surface area contributed by atoms with E-state index in [1.165, 1.54) is 38.5 Å². The van der Waals surface area contributed by atoms with Crippen molar-refractivity contribution in [1.29, 1.82) is 0 Å². The summed E-state index contributed by atoms with van der Waals surface area (Å²) < 4.78 is 5.70. The Morgan fingerprint density at radius 2 is 1.90 bits per heavy atom. The van der Waals surface area contributed by atoms with Crippen LogP contribution in [0.5, 0.6) is 5.75 Å². The van der Waals surface area contributed by atoms with Gasteiger partial charge in [0, 0.05) is 17.8 Å². The van der Waals surface area contributed by atoms with Crippen LogP contribution in [0.3, 0.4) is 0 Å². The van der Waals surface area contributed by atoms with E-state index in [0.29, 0.717) is 6.04 Å². The Balaban J connectivity index is 1.88. The molecule has 1 aliphatic carbocycles. The van der Waals surface area contributed by atoms with E-state index in [1.54, 1.807) is 0 Å². The SMILES string of the molecule is CCCOc1cc(NC2CCC(CCC)CC2)ccc1N. The first-order chi connectivity index (χ1) is 10.2. The Bertz CT molecular complexity index is 425. The van der Waals surface area contributed by atoms with Gasteiger partial charge in [0.25, 0.3) is 0 Å².